The van der Waals surface area contributed by atoms with Crippen molar-refractivity contribution in [3.63, 3.8) is 0 Å². The fourth-order valence-electron chi connectivity index (χ4n) is 4.69. The molecule has 2 aliphatic rings. The topological polar surface area (TPSA) is 100 Å². The highest BCUT2D eigenvalue weighted by Crippen LogP contribution is 2.36. The molecular weight excluding hydrogens is 448 g/mol. The molecule has 0 aromatic heterocycles. The molecule has 0 bridgehead atoms. The number of hydrogen-bond acceptors (Lipinski definition) is 6. The van der Waals surface area contributed by atoms with Gasteiger partial charge in [-0.1, -0.05) is 32.0 Å². The summed E-state index contributed by atoms with van der Waals surface area (Å²) in [6.07, 6.45) is -0.200. The number of carbonyl (C=O) groups is 3. The number of hydrogen-bond donors (Lipinski definition) is 2. The summed E-state index contributed by atoms with van der Waals surface area (Å²) in [7, 11) is 1.71. The van der Waals surface area contributed by atoms with E-state index in [1.54, 1.807) is 23.8 Å². The fourth-order valence-corrected chi connectivity index (χ4v) is 4.69. The van der Waals surface area contributed by atoms with Crippen LogP contribution in [0.2, 0.25) is 0 Å². The molecule has 3 amide bonds. The van der Waals surface area contributed by atoms with Gasteiger partial charge >= 0.3 is 6.09 Å². The Morgan fingerprint density at radius 3 is 2.29 bits per heavy atom. The molecule has 1 aromatic rings. The highest BCUT2D eigenvalue weighted by Gasteiger charge is 2.54. The second-order valence-electron chi connectivity index (χ2n) is 10.7. The Balaban J connectivity index is 1.86. The van der Waals surface area contributed by atoms with Gasteiger partial charge in [0.2, 0.25) is 11.8 Å². The first kappa shape index (κ1) is 26.8. The summed E-state index contributed by atoms with van der Waals surface area (Å²) < 4.78 is 12.0. The third-order valence-corrected chi connectivity index (χ3v) is 6.58. The van der Waals surface area contributed by atoms with Crippen molar-refractivity contribution in [3.8, 4) is 5.75 Å². The van der Waals surface area contributed by atoms with Crippen LogP contribution in [-0.4, -0.2) is 83.7 Å². The lowest BCUT2D eigenvalue weighted by molar-refractivity contribution is -0.139. The predicted octanol–water partition coefficient (Wildman–Crippen LogP) is 2.40. The molecule has 2 heterocycles. The Bertz CT molecular complexity index is 901. The average molecular weight is 489 g/mol. The summed E-state index contributed by atoms with van der Waals surface area (Å²) >= 11 is 0. The standard InChI is InChI=1S/C26H40N4O5/c1-16(2)21(28-23(31)17(3)27-7)24(32)29-14-13-19-22(29)20(34-18-11-9-8-10-12-18)15-30(19)25(33)35-26(4,5)6/h8-12,16-17,19-22,27H,13-15H2,1-7H3,(H,28,31). The number of fused-ring (bicyclic) bond motifs is 1. The number of amides is 3. The Hall–Kier alpha value is -2.81. The van der Waals surface area contributed by atoms with Gasteiger partial charge in [-0.25, -0.2) is 4.79 Å². The van der Waals surface area contributed by atoms with E-state index in [0.717, 1.165) is 0 Å². The monoisotopic (exact) mass is 488 g/mol. The highest BCUT2D eigenvalue weighted by molar-refractivity contribution is 5.90. The van der Waals surface area contributed by atoms with Gasteiger partial charge in [0.25, 0.3) is 0 Å². The van der Waals surface area contributed by atoms with Crippen molar-refractivity contribution in [1.29, 1.82) is 0 Å². The molecule has 5 atom stereocenters. The molecule has 0 saturated carbocycles. The van der Waals surface area contributed by atoms with Crippen LogP contribution in [0.25, 0.3) is 0 Å². The molecule has 9 heteroatoms. The zero-order chi connectivity index (χ0) is 25.9. The quantitative estimate of drug-likeness (QED) is 0.611. The van der Waals surface area contributed by atoms with Gasteiger partial charge in [-0.2, -0.15) is 0 Å². The van der Waals surface area contributed by atoms with E-state index in [1.165, 1.54) is 0 Å². The van der Waals surface area contributed by atoms with E-state index in [4.69, 9.17) is 9.47 Å². The van der Waals surface area contributed by atoms with Crippen molar-refractivity contribution in [2.75, 3.05) is 20.1 Å². The van der Waals surface area contributed by atoms with Crippen LogP contribution in [0.4, 0.5) is 4.79 Å². The van der Waals surface area contributed by atoms with Gasteiger partial charge in [0.05, 0.1) is 24.7 Å². The largest absolute Gasteiger partial charge is 0.486 e. The number of benzene rings is 1. The number of ether oxygens (including phenoxy) is 2. The highest BCUT2D eigenvalue weighted by atomic mass is 16.6. The zero-order valence-electron chi connectivity index (χ0n) is 21.9. The Kier molecular flexibility index (Phi) is 8.30. The maximum Gasteiger partial charge on any atom is 0.410 e. The van der Waals surface area contributed by atoms with Crippen molar-refractivity contribution in [3.05, 3.63) is 30.3 Å². The lowest BCUT2D eigenvalue weighted by Gasteiger charge is -2.33. The SMILES string of the molecule is CNC(C)C(=O)NC(C(=O)N1CCC2C1C(Oc1ccccc1)CN2C(=O)OC(C)(C)C)C(C)C. The number of nitrogens with zero attached hydrogens (tertiary/aromatic N) is 2. The second kappa shape index (κ2) is 10.8. The van der Waals surface area contributed by atoms with Gasteiger partial charge in [0, 0.05) is 6.54 Å². The van der Waals surface area contributed by atoms with E-state index in [1.807, 2.05) is 65.0 Å². The van der Waals surface area contributed by atoms with Crippen LogP contribution >= 0.6 is 0 Å². The fraction of sp³-hybridized carbons (Fsp3) is 0.654. The van der Waals surface area contributed by atoms with Crippen LogP contribution in [0.1, 0.15) is 48.0 Å². The molecule has 0 aliphatic carbocycles. The smallest absolute Gasteiger partial charge is 0.410 e. The number of nitrogens with one attached hydrogen (secondary N) is 2. The van der Waals surface area contributed by atoms with E-state index in [2.05, 4.69) is 10.6 Å². The van der Waals surface area contributed by atoms with E-state index >= 15 is 0 Å². The maximum absolute atomic E-state index is 13.8. The molecule has 2 N–H and O–H groups in total. The second-order valence-corrected chi connectivity index (χ2v) is 10.7. The van der Waals surface area contributed by atoms with Gasteiger partial charge in [-0.3, -0.25) is 14.5 Å². The van der Waals surface area contributed by atoms with Crippen LogP contribution in [0.15, 0.2) is 30.3 Å². The molecule has 0 radical (unpaired) electrons. The molecule has 2 aliphatic heterocycles. The number of likely N-dealkylation sites (N-methyl/N-ethyl adjacent to an activating group) is 1. The molecular formula is C26H40N4O5. The Labute approximate surface area is 208 Å². The minimum atomic E-state index is -0.676. The van der Waals surface area contributed by atoms with Crippen LogP contribution in [0.3, 0.4) is 0 Å². The average Bonchev–Trinajstić information content (AvgIpc) is 3.37. The summed E-state index contributed by atoms with van der Waals surface area (Å²) in [5.41, 5.74) is -0.629. The molecule has 0 spiro atoms. The minimum Gasteiger partial charge on any atom is -0.486 e. The molecule has 9 nitrogen and oxygen atoms in total. The molecule has 3 rings (SSSR count). The van der Waals surface area contributed by atoms with Gasteiger partial charge in [0.15, 0.2) is 0 Å². The van der Waals surface area contributed by atoms with Crippen LogP contribution in [0.5, 0.6) is 5.75 Å². The van der Waals surface area contributed by atoms with Crippen molar-refractivity contribution < 1.29 is 23.9 Å². The summed E-state index contributed by atoms with van der Waals surface area (Å²) in [5, 5.41) is 5.83. The van der Waals surface area contributed by atoms with Crippen molar-refractivity contribution in [2.45, 2.75) is 83.8 Å². The number of carbonyl (C=O) groups excluding carboxylic acids is 3. The Morgan fingerprint density at radius 1 is 1.06 bits per heavy atom. The van der Waals surface area contributed by atoms with Gasteiger partial charge in [-0.15, -0.1) is 0 Å². The van der Waals surface area contributed by atoms with E-state index in [-0.39, 0.29) is 29.8 Å². The zero-order valence-corrected chi connectivity index (χ0v) is 21.9. The van der Waals surface area contributed by atoms with Crippen LogP contribution in [-0.2, 0) is 14.3 Å². The first-order valence-electron chi connectivity index (χ1n) is 12.4. The van der Waals surface area contributed by atoms with Crippen molar-refractivity contribution in [1.82, 2.24) is 20.4 Å². The summed E-state index contributed by atoms with van der Waals surface area (Å²) in [4.78, 5) is 42.9. The van der Waals surface area contributed by atoms with E-state index in [0.29, 0.717) is 25.3 Å². The Morgan fingerprint density at radius 2 is 1.71 bits per heavy atom. The molecule has 2 saturated heterocycles. The van der Waals surface area contributed by atoms with Gasteiger partial charge in [0.1, 0.15) is 23.5 Å². The van der Waals surface area contributed by atoms with Crippen LogP contribution < -0.4 is 15.4 Å². The summed E-state index contributed by atoms with van der Waals surface area (Å²) in [6.45, 7) is 11.9. The van der Waals surface area contributed by atoms with Crippen molar-refractivity contribution in [2.24, 2.45) is 5.92 Å². The summed E-state index contributed by atoms with van der Waals surface area (Å²) in [6, 6.07) is 7.76. The first-order valence-corrected chi connectivity index (χ1v) is 12.4. The molecule has 35 heavy (non-hydrogen) atoms. The molecule has 2 fully saturated rings. The third-order valence-electron chi connectivity index (χ3n) is 6.58. The number of para-hydroxylation sites is 1. The third kappa shape index (κ3) is 6.25. The molecule has 5 unspecified atom stereocenters. The molecule has 194 valence electrons. The molecule has 1 aromatic carbocycles. The number of likely N-dealkylation sites (tertiary alicyclic amines) is 2. The van der Waals surface area contributed by atoms with Crippen LogP contribution in [0, 0.1) is 5.92 Å². The first-order chi connectivity index (χ1) is 16.4. The lowest BCUT2D eigenvalue weighted by Crippen LogP contribution is -2.57. The number of rotatable bonds is 7. The minimum absolute atomic E-state index is 0.105. The normalized spacial score (nSPS) is 23.6. The van der Waals surface area contributed by atoms with Crippen molar-refractivity contribution >= 4 is 17.9 Å². The maximum atomic E-state index is 13.8. The predicted molar refractivity (Wildman–Crippen MR) is 133 cm³/mol. The van der Waals surface area contributed by atoms with Gasteiger partial charge < -0.3 is 25.0 Å². The van der Waals surface area contributed by atoms with Gasteiger partial charge in [-0.05, 0) is 59.2 Å². The van der Waals surface area contributed by atoms with E-state index < -0.39 is 29.9 Å². The summed E-state index contributed by atoms with van der Waals surface area (Å²) in [5.74, 6) is 0.190. The lowest BCUT2D eigenvalue weighted by atomic mass is 10.0. The van der Waals surface area contributed by atoms with E-state index in [9.17, 15) is 14.4 Å².